The number of likely N-dealkylation sites (tertiary alicyclic amines) is 1. The van der Waals surface area contributed by atoms with Crippen LogP contribution in [0, 0.1) is 6.92 Å². The first-order chi connectivity index (χ1) is 13.1. The number of amides is 1. The highest BCUT2D eigenvalue weighted by atomic mass is 16.2. The molecule has 3 aromatic rings. The predicted octanol–water partition coefficient (Wildman–Crippen LogP) is 3.07. The van der Waals surface area contributed by atoms with Crippen LogP contribution in [0.5, 0.6) is 0 Å². The molecule has 1 aliphatic heterocycles. The van der Waals surface area contributed by atoms with Crippen molar-refractivity contribution in [3.63, 3.8) is 0 Å². The van der Waals surface area contributed by atoms with Gasteiger partial charge in [-0.25, -0.2) is 0 Å². The Labute approximate surface area is 158 Å². The Morgan fingerprint density at radius 1 is 1.11 bits per heavy atom. The zero-order valence-electron chi connectivity index (χ0n) is 15.7. The number of carbonyl (C=O) groups excluding carboxylic acids is 1. The topological polar surface area (TPSA) is 62.2 Å². The number of aryl methyl sites for hydroxylation is 1. The molecule has 1 amide bonds. The van der Waals surface area contributed by atoms with Crippen molar-refractivity contribution >= 4 is 22.6 Å². The van der Waals surface area contributed by atoms with E-state index in [1.165, 1.54) is 0 Å². The number of benzene rings is 1. The Morgan fingerprint density at radius 3 is 2.67 bits per heavy atom. The van der Waals surface area contributed by atoms with Crippen molar-refractivity contribution in [3.05, 3.63) is 59.9 Å². The lowest BCUT2D eigenvalue weighted by atomic mass is 10.0. The molecule has 6 nitrogen and oxygen atoms in total. The third kappa shape index (κ3) is 3.47. The fraction of sp³-hybridized carbons (Fsp3) is 0.333. The quantitative estimate of drug-likeness (QED) is 0.717. The first-order valence-electron chi connectivity index (χ1n) is 9.29. The molecule has 0 saturated carbocycles. The standard InChI is InChI=1S/C21H23N5O/c1-15-8-9-16-5-3-6-18(20(16)23-15)21(27)26-13-10-17(11-14-26)25(2)19-7-4-12-22-24-19/h3-9,12,17H,10-11,13-14H2,1-2H3. The molecule has 27 heavy (non-hydrogen) atoms. The molecule has 1 aliphatic rings. The van der Waals surface area contributed by atoms with E-state index in [9.17, 15) is 4.79 Å². The van der Waals surface area contributed by atoms with Crippen LogP contribution < -0.4 is 4.90 Å². The van der Waals surface area contributed by atoms with Crippen LogP contribution in [0.25, 0.3) is 10.9 Å². The molecule has 0 unspecified atom stereocenters. The molecule has 2 aromatic heterocycles. The number of anilines is 1. The summed E-state index contributed by atoms with van der Waals surface area (Å²) in [6.07, 6.45) is 3.50. The van der Waals surface area contributed by atoms with Gasteiger partial charge in [-0.1, -0.05) is 18.2 Å². The van der Waals surface area contributed by atoms with Gasteiger partial charge in [0.1, 0.15) is 0 Å². The molecule has 1 saturated heterocycles. The lowest BCUT2D eigenvalue weighted by Crippen LogP contribution is -2.46. The maximum atomic E-state index is 13.1. The van der Waals surface area contributed by atoms with Crippen molar-refractivity contribution in [1.82, 2.24) is 20.1 Å². The summed E-state index contributed by atoms with van der Waals surface area (Å²) < 4.78 is 0. The minimum Gasteiger partial charge on any atom is -0.355 e. The van der Waals surface area contributed by atoms with E-state index in [4.69, 9.17) is 0 Å². The molecule has 3 heterocycles. The zero-order chi connectivity index (χ0) is 18.8. The van der Waals surface area contributed by atoms with Gasteiger partial charge in [-0.15, -0.1) is 5.10 Å². The normalized spacial score (nSPS) is 15.1. The number of pyridine rings is 1. The summed E-state index contributed by atoms with van der Waals surface area (Å²) >= 11 is 0. The fourth-order valence-electron chi connectivity index (χ4n) is 3.71. The number of hydrogen-bond donors (Lipinski definition) is 0. The number of nitrogens with zero attached hydrogens (tertiary/aromatic N) is 5. The maximum absolute atomic E-state index is 13.1. The van der Waals surface area contributed by atoms with Gasteiger partial charge in [0.2, 0.25) is 0 Å². The number of fused-ring (bicyclic) bond motifs is 1. The summed E-state index contributed by atoms with van der Waals surface area (Å²) in [5.74, 6) is 0.940. The van der Waals surface area contributed by atoms with Gasteiger partial charge >= 0.3 is 0 Å². The van der Waals surface area contributed by atoms with Gasteiger partial charge < -0.3 is 9.80 Å². The monoisotopic (exact) mass is 361 g/mol. The Morgan fingerprint density at radius 2 is 1.93 bits per heavy atom. The second-order valence-electron chi connectivity index (χ2n) is 7.05. The van der Waals surface area contributed by atoms with Crippen molar-refractivity contribution in [2.75, 3.05) is 25.0 Å². The van der Waals surface area contributed by atoms with E-state index >= 15 is 0 Å². The van der Waals surface area contributed by atoms with Crippen LogP contribution in [0.3, 0.4) is 0 Å². The number of para-hydroxylation sites is 1. The van der Waals surface area contributed by atoms with Crippen LogP contribution in [0.1, 0.15) is 28.9 Å². The summed E-state index contributed by atoms with van der Waals surface area (Å²) in [5, 5.41) is 9.14. The van der Waals surface area contributed by atoms with Crippen molar-refractivity contribution in [3.8, 4) is 0 Å². The molecule has 0 N–H and O–H groups in total. The highest BCUT2D eigenvalue weighted by Crippen LogP contribution is 2.23. The minimum absolute atomic E-state index is 0.0688. The number of aromatic nitrogens is 3. The van der Waals surface area contributed by atoms with Gasteiger partial charge in [0.05, 0.1) is 11.1 Å². The molecule has 1 fully saturated rings. The summed E-state index contributed by atoms with van der Waals surface area (Å²) in [4.78, 5) is 21.8. The van der Waals surface area contributed by atoms with Crippen molar-refractivity contribution in [1.29, 1.82) is 0 Å². The Hall–Kier alpha value is -3.02. The molecule has 0 atom stereocenters. The molecule has 1 aromatic carbocycles. The lowest BCUT2D eigenvalue weighted by molar-refractivity contribution is 0.0715. The molecule has 4 rings (SSSR count). The molecule has 0 radical (unpaired) electrons. The van der Waals surface area contributed by atoms with Crippen LogP contribution in [0.2, 0.25) is 0 Å². The molecule has 138 valence electrons. The summed E-state index contributed by atoms with van der Waals surface area (Å²) in [6.45, 7) is 3.42. The van der Waals surface area contributed by atoms with E-state index in [-0.39, 0.29) is 5.91 Å². The molecule has 0 spiro atoms. The minimum atomic E-state index is 0.0688. The van der Waals surface area contributed by atoms with Gasteiger partial charge in [-0.05, 0) is 44.0 Å². The highest BCUT2D eigenvalue weighted by Gasteiger charge is 2.27. The van der Waals surface area contributed by atoms with Gasteiger partial charge in [0.15, 0.2) is 5.82 Å². The Kier molecular flexibility index (Phi) is 4.71. The van der Waals surface area contributed by atoms with Crippen LogP contribution in [0.15, 0.2) is 48.7 Å². The molecule has 6 heteroatoms. The van der Waals surface area contributed by atoms with Crippen LogP contribution >= 0.6 is 0 Å². The van der Waals surface area contributed by atoms with Gasteiger partial charge in [0.25, 0.3) is 5.91 Å². The number of carbonyl (C=O) groups is 1. The molecule has 0 aliphatic carbocycles. The summed E-state index contributed by atoms with van der Waals surface area (Å²) in [7, 11) is 2.05. The van der Waals surface area contributed by atoms with Crippen LogP contribution in [0.4, 0.5) is 5.82 Å². The summed E-state index contributed by atoms with van der Waals surface area (Å²) in [5.41, 5.74) is 2.41. The van der Waals surface area contributed by atoms with Crippen molar-refractivity contribution in [2.45, 2.75) is 25.8 Å². The average molecular weight is 361 g/mol. The van der Waals surface area contributed by atoms with Crippen molar-refractivity contribution < 1.29 is 4.79 Å². The van der Waals surface area contributed by atoms with E-state index < -0.39 is 0 Å². The second kappa shape index (κ2) is 7.31. The van der Waals surface area contributed by atoms with E-state index in [1.807, 2.05) is 61.3 Å². The first kappa shape index (κ1) is 17.4. The zero-order valence-corrected chi connectivity index (χ0v) is 15.7. The number of rotatable bonds is 3. The number of piperidine rings is 1. The van der Waals surface area contributed by atoms with Crippen molar-refractivity contribution in [2.24, 2.45) is 0 Å². The predicted molar refractivity (Wildman–Crippen MR) is 106 cm³/mol. The van der Waals surface area contributed by atoms with E-state index in [0.29, 0.717) is 11.6 Å². The average Bonchev–Trinajstić information content (AvgIpc) is 2.73. The molecular formula is C21H23N5O. The third-order valence-electron chi connectivity index (χ3n) is 5.31. The first-order valence-corrected chi connectivity index (χ1v) is 9.29. The van der Waals surface area contributed by atoms with E-state index in [1.54, 1.807) is 6.20 Å². The van der Waals surface area contributed by atoms with E-state index in [2.05, 4.69) is 20.1 Å². The summed E-state index contributed by atoms with van der Waals surface area (Å²) in [6, 6.07) is 14.0. The SMILES string of the molecule is Cc1ccc2cccc(C(=O)N3CCC(N(C)c4cccnn4)CC3)c2n1. The Bertz CT molecular complexity index is 951. The smallest absolute Gasteiger partial charge is 0.256 e. The largest absolute Gasteiger partial charge is 0.355 e. The fourth-order valence-corrected chi connectivity index (χ4v) is 3.71. The van der Waals surface area contributed by atoms with Crippen LogP contribution in [-0.2, 0) is 0 Å². The van der Waals surface area contributed by atoms with Gasteiger partial charge in [0, 0.05) is 43.5 Å². The third-order valence-corrected chi connectivity index (χ3v) is 5.31. The maximum Gasteiger partial charge on any atom is 0.256 e. The molecular weight excluding hydrogens is 338 g/mol. The number of hydrogen-bond acceptors (Lipinski definition) is 5. The molecule has 0 bridgehead atoms. The van der Waals surface area contributed by atoms with E-state index in [0.717, 1.165) is 48.3 Å². The van der Waals surface area contributed by atoms with Crippen LogP contribution in [-0.4, -0.2) is 52.2 Å². The Balaban J connectivity index is 1.49. The lowest BCUT2D eigenvalue weighted by Gasteiger charge is -2.37. The second-order valence-corrected chi connectivity index (χ2v) is 7.05. The van der Waals surface area contributed by atoms with Gasteiger partial charge in [-0.2, -0.15) is 5.10 Å². The van der Waals surface area contributed by atoms with Gasteiger partial charge in [-0.3, -0.25) is 9.78 Å². The highest BCUT2D eigenvalue weighted by molar-refractivity contribution is 6.05.